The molecule has 2 aromatic carbocycles. The van der Waals surface area contributed by atoms with Crippen molar-refractivity contribution in [3.8, 4) is 11.5 Å². The zero-order valence-electron chi connectivity index (χ0n) is 19.8. The predicted molar refractivity (Wildman–Crippen MR) is 133 cm³/mol. The largest absolute Gasteiger partial charge is 0.496 e. The number of benzene rings is 2. The molecule has 3 aromatic rings. The molecule has 1 aliphatic heterocycles. The SMILES string of the molecule is COc1cc(N=S2(=O)CCCC2)cc2ncnc(Cc3ccc(F)cc3OC3CCC(O)CC3)c12. The summed E-state index contributed by atoms with van der Waals surface area (Å²) in [6.07, 6.45) is 6.24. The highest BCUT2D eigenvalue weighted by Crippen LogP contribution is 2.35. The van der Waals surface area contributed by atoms with Gasteiger partial charge in [0.15, 0.2) is 0 Å². The molecule has 9 heteroatoms. The summed E-state index contributed by atoms with van der Waals surface area (Å²) in [6, 6.07) is 8.16. The van der Waals surface area contributed by atoms with Gasteiger partial charge in [-0.1, -0.05) is 6.07 Å². The number of hydrogen-bond donors (Lipinski definition) is 1. The number of aliphatic hydroxyl groups is 1. The number of nitrogens with zero attached hydrogens (tertiary/aromatic N) is 3. The van der Waals surface area contributed by atoms with Crippen LogP contribution in [0.5, 0.6) is 11.5 Å². The van der Waals surface area contributed by atoms with Gasteiger partial charge in [-0.15, -0.1) is 0 Å². The van der Waals surface area contributed by atoms with E-state index in [4.69, 9.17) is 9.47 Å². The Bertz CT molecular complexity index is 1340. The van der Waals surface area contributed by atoms with Crippen LogP contribution in [-0.4, -0.2) is 50.1 Å². The molecule has 1 aliphatic carbocycles. The molecule has 7 nitrogen and oxygen atoms in total. The second kappa shape index (κ2) is 10.1. The first-order valence-electron chi connectivity index (χ1n) is 12.1. The Balaban J connectivity index is 1.49. The third-order valence-corrected chi connectivity index (χ3v) is 9.15. The molecule has 2 fully saturated rings. The van der Waals surface area contributed by atoms with Crippen LogP contribution in [0.2, 0.25) is 0 Å². The molecule has 0 amide bonds. The van der Waals surface area contributed by atoms with Gasteiger partial charge in [-0.3, -0.25) is 0 Å². The Morgan fingerprint density at radius 3 is 2.60 bits per heavy atom. The van der Waals surface area contributed by atoms with Crippen LogP contribution in [0.25, 0.3) is 10.9 Å². The zero-order valence-corrected chi connectivity index (χ0v) is 20.6. The lowest BCUT2D eigenvalue weighted by molar-refractivity contribution is 0.0660. The molecule has 186 valence electrons. The van der Waals surface area contributed by atoms with E-state index in [0.717, 1.165) is 42.3 Å². The maximum absolute atomic E-state index is 14.1. The van der Waals surface area contributed by atoms with Crippen LogP contribution < -0.4 is 9.47 Å². The van der Waals surface area contributed by atoms with E-state index in [1.165, 1.54) is 18.5 Å². The van der Waals surface area contributed by atoms with Crippen LogP contribution in [0.3, 0.4) is 0 Å². The van der Waals surface area contributed by atoms with Crippen molar-refractivity contribution >= 4 is 26.3 Å². The third-order valence-electron chi connectivity index (χ3n) is 6.76. The standard InChI is InChI=1S/C26H30FN3O4S/c1-33-25-15-19(30-35(32)10-2-3-11-35)14-23-26(25)22(28-16-29-23)12-17-4-5-18(27)13-24(17)34-21-8-6-20(31)7-9-21/h4-5,13-16,20-21,31H,2-3,6-12H2,1H3. The Kier molecular flexibility index (Phi) is 6.88. The highest BCUT2D eigenvalue weighted by atomic mass is 32.2. The van der Waals surface area contributed by atoms with Crippen molar-refractivity contribution in [3.05, 3.63) is 53.7 Å². The molecule has 0 spiro atoms. The number of rotatable bonds is 6. The maximum Gasteiger partial charge on any atom is 0.132 e. The summed E-state index contributed by atoms with van der Waals surface area (Å²) in [5, 5.41) is 10.5. The molecule has 35 heavy (non-hydrogen) atoms. The lowest BCUT2D eigenvalue weighted by atomic mass is 9.95. The first-order valence-corrected chi connectivity index (χ1v) is 13.9. The van der Waals surface area contributed by atoms with Gasteiger partial charge in [-0.25, -0.2) is 18.6 Å². The predicted octanol–water partition coefficient (Wildman–Crippen LogP) is 4.94. The fourth-order valence-corrected chi connectivity index (χ4v) is 7.09. The van der Waals surface area contributed by atoms with Crippen LogP contribution >= 0.6 is 0 Å². The van der Waals surface area contributed by atoms with Crippen LogP contribution in [0.1, 0.15) is 49.8 Å². The molecule has 0 atom stereocenters. The number of methoxy groups -OCH3 is 1. The van der Waals surface area contributed by atoms with E-state index < -0.39 is 9.73 Å². The number of fused-ring (bicyclic) bond motifs is 1. The van der Waals surface area contributed by atoms with E-state index in [1.54, 1.807) is 19.2 Å². The van der Waals surface area contributed by atoms with Crippen LogP contribution in [0.4, 0.5) is 10.1 Å². The molecular formula is C26H30FN3O4S. The maximum atomic E-state index is 14.1. The van der Waals surface area contributed by atoms with Gasteiger partial charge < -0.3 is 14.6 Å². The lowest BCUT2D eigenvalue weighted by Crippen LogP contribution is -2.26. The number of ether oxygens (including phenoxy) is 2. The summed E-state index contributed by atoms with van der Waals surface area (Å²) in [5.74, 6) is 1.92. The van der Waals surface area contributed by atoms with E-state index >= 15 is 0 Å². The highest BCUT2D eigenvalue weighted by molar-refractivity contribution is 7.93. The Labute approximate surface area is 204 Å². The van der Waals surface area contributed by atoms with Crippen molar-refractivity contribution in [2.75, 3.05) is 18.6 Å². The van der Waals surface area contributed by atoms with Gasteiger partial charge in [0.05, 0.1) is 51.3 Å². The number of hydrogen-bond acceptors (Lipinski definition) is 7. The molecule has 1 saturated carbocycles. The molecule has 0 radical (unpaired) electrons. The molecule has 0 bridgehead atoms. The van der Waals surface area contributed by atoms with E-state index in [9.17, 15) is 13.7 Å². The van der Waals surface area contributed by atoms with E-state index in [-0.39, 0.29) is 18.0 Å². The summed E-state index contributed by atoms with van der Waals surface area (Å²) >= 11 is 0. The van der Waals surface area contributed by atoms with Gasteiger partial charge in [0.25, 0.3) is 0 Å². The first kappa shape index (κ1) is 23.9. The van der Waals surface area contributed by atoms with E-state index in [0.29, 0.717) is 53.5 Å². The summed E-state index contributed by atoms with van der Waals surface area (Å²) in [7, 11) is -0.650. The van der Waals surface area contributed by atoms with Crippen molar-refractivity contribution in [1.29, 1.82) is 0 Å². The van der Waals surface area contributed by atoms with Crippen molar-refractivity contribution < 1.29 is 23.2 Å². The lowest BCUT2D eigenvalue weighted by Gasteiger charge is -2.27. The minimum atomic E-state index is -2.23. The van der Waals surface area contributed by atoms with Gasteiger partial charge in [-0.05, 0) is 50.7 Å². The molecule has 1 aromatic heterocycles. The van der Waals surface area contributed by atoms with Gasteiger partial charge in [0.1, 0.15) is 23.6 Å². The number of aliphatic hydroxyl groups excluding tert-OH is 1. The summed E-state index contributed by atoms with van der Waals surface area (Å²) < 4.78 is 43.5. The second-order valence-corrected chi connectivity index (χ2v) is 11.9. The molecule has 1 N–H and O–H groups in total. The number of aromatic nitrogens is 2. The van der Waals surface area contributed by atoms with Crippen molar-refractivity contribution in [1.82, 2.24) is 9.97 Å². The third kappa shape index (κ3) is 5.41. The van der Waals surface area contributed by atoms with Gasteiger partial charge >= 0.3 is 0 Å². The Hall–Kier alpha value is -2.78. The topological polar surface area (TPSA) is 93.9 Å². The molecule has 5 rings (SSSR count). The van der Waals surface area contributed by atoms with Crippen LogP contribution in [-0.2, 0) is 16.1 Å². The fraction of sp³-hybridized carbons (Fsp3) is 0.462. The second-order valence-electron chi connectivity index (χ2n) is 9.32. The van der Waals surface area contributed by atoms with Crippen molar-refractivity contribution in [2.24, 2.45) is 4.36 Å². The molecule has 1 saturated heterocycles. The van der Waals surface area contributed by atoms with Gasteiger partial charge in [0, 0.05) is 35.6 Å². The first-order chi connectivity index (χ1) is 16.9. The normalized spacial score (nSPS) is 21.7. The van der Waals surface area contributed by atoms with Crippen LogP contribution in [0.15, 0.2) is 41.0 Å². The summed E-state index contributed by atoms with van der Waals surface area (Å²) in [5.41, 5.74) is 2.78. The molecule has 0 unspecified atom stereocenters. The Morgan fingerprint density at radius 1 is 1.09 bits per heavy atom. The monoisotopic (exact) mass is 499 g/mol. The van der Waals surface area contributed by atoms with Gasteiger partial charge in [0.2, 0.25) is 0 Å². The Morgan fingerprint density at radius 2 is 1.86 bits per heavy atom. The zero-order chi connectivity index (χ0) is 24.4. The number of halogens is 1. The molecule has 2 aliphatic rings. The van der Waals surface area contributed by atoms with Gasteiger partial charge in [-0.2, -0.15) is 4.36 Å². The molecule has 2 heterocycles. The average Bonchev–Trinajstić information content (AvgIpc) is 3.27. The smallest absolute Gasteiger partial charge is 0.132 e. The minimum Gasteiger partial charge on any atom is -0.496 e. The van der Waals surface area contributed by atoms with Crippen molar-refractivity contribution in [3.63, 3.8) is 0 Å². The summed E-state index contributed by atoms with van der Waals surface area (Å²) in [4.78, 5) is 8.95. The van der Waals surface area contributed by atoms with E-state index in [2.05, 4.69) is 14.3 Å². The van der Waals surface area contributed by atoms with E-state index in [1.807, 2.05) is 6.07 Å². The summed E-state index contributed by atoms with van der Waals surface area (Å²) in [6.45, 7) is 0. The fourth-order valence-electron chi connectivity index (χ4n) is 4.90. The quantitative estimate of drug-likeness (QED) is 0.516. The molecular weight excluding hydrogens is 469 g/mol. The van der Waals surface area contributed by atoms with Crippen molar-refractivity contribution in [2.45, 2.75) is 57.2 Å². The highest BCUT2D eigenvalue weighted by Gasteiger charge is 2.23. The minimum absolute atomic E-state index is 0.0581. The van der Waals surface area contributed by atoms with Crippen LogP contribution in [0, 0.1) is 5.82 Å². The average molecular weight is 500 g/mol.